The van der Waals surface area contributed by atoms with Crippen LogP contribution < -0.4 is 5.69 Å². The number of fused-ring (bicyclic) bond motifs is 1. The lowest BCUT2D eigenvalue weighted by molar-refractivity contribution is -0.131. The maximum Gasteiger partial charge on any atom is 0.323 e. The van der Waals surface area contributed by atoms with Gasteiger partial charge in [-0.25, -0.2) is 4.79 Å². The van der Waals surface area contributed by atoms with Crippen LogP contribution in [0.1, 0.15) is 15.2 Å². The number of carbonyl (C=O) groups excluding carboxylic acids is 2. The maximum atomic E-state index is 12.6. The fraction of sp³-hybridized carbons (Fsp3) is 0.278. The van der Waals surface area contributed by atoms with Gasteiger partial charge in [-0.3, -0.25) is 9.59 Å². The van der Waals surface area contributed by atoms with E-state index in [2.05, 4.69) is 9.97 Å². The fourth-order valence-electron chi connectivity index (χ4n) is 3.19. The molecule has 2 N–H and O–H groups in total. The number of aromatic nitrogens is 2. The number of hydrogen-bond donors (Lipinski definition) is 2. The zero-order valence-corrected chi connectivity index (χ0v) is 14.8. The van der Waals surface area contributed by atoms with Gasteiger partial charge in [0.25, 0.3) is 5.91 Å². The van der Waals surface area contributed by atoms with E-state index in [-0.39, 0.29) is 23.9 Å². The molecule has 8 heteroatoms. The Hall–Kier alpha value is -2.87. The Balaban J connectivity index is 1.37. The predicted molar refractivity (Wildman–Crippen MR) is 99.4 cm³/mol. The van der Waals surface area contributed by atoms with Crippen LogP contribution in [0, 0.1) is 0 Å². The largest absolute Gasteiger partial charge is 0.339 e. The Labute approximate surface area is 153 Å². The average Bonchev–Trinajstić information content (AvgIpc) is 3.29. The quantitative estimate of drug-likeness (QED) is 0.731. The van der Waals surface area contributed by atoms with Crippen molar-refractivity contribution < 1.29 is 9.59 Å². The number of rotatable bonds is 3. The fourth-order valence-corrected chi connectivity index (χ4v) is 3.88. The van der Waals surface area contributed by atoms with E-state index < -0.39 is 0 Å². The summed E-state index contributed by atoms with van der Waals surface area (Å²) < 4.78 is 0. The molecule has 1 aliphatic heterocycles. The normalized spacial score (nSPS) is 14.8. The molecule has 7 nitrogen and oxygen atoms in total. The third-order valence-corrected chi connectivity index (χ3v) is 5.45. The van der Waals surface area contributed by atoms with E-state index in [0.29, 0.717) is 31.7 Å². The van der Waals surface area contributed by atoms with Crippen LogP contribution in [0.25, 0.3) is 11.0 Å². The monoisotopic (exact) mass is 370 g/mol. The van der Waals surface area contributed by atoms with Crippen LogP contribution in [-0.2, 0) is 11.2 Å². The van der Waals surface area contributed by atoms with Crippen LogP contribution in [-0.4, -0.2) is 57.8 Å². The van der Waals surface area contributed by atoms with Crippen molar-refractivity contribution in [3.05, 3.63) is 56.6 Å². The summed E-state index contributed by atoms with van der Waals surface area (Å²) in [6.45, 7) is 2.18. The highest BCUT2D eigenvalue weighted by molar-refractivity contribution is 7.12. The van der Waals surface area contributed by atoms with E-state index in [1.165, 1.54) is 11.3 Å². The Morgan fingerprint density at radius 3 is 2.46 bits per heavy atom. The Kier molecular flexibility index (Phi) is 4.34. The first-order chi connectivity index (χ1) is 12.6. The second-order valence-corrected chi connectivity index (χ2v) is 7.23. The number of carbonyl (C=O) groups is 2. The number of thiophene rings is 1. The number of nitrogens with zero attached hydrogens (tertiary/aromatic N) is 2. The number of imidazole rings is 1. The minimum absolute atomic E-state index is 0.0328. The van der Waals surface area contributed by atoms with Gasteiger partial charge in [-0.05, 0) is 29.1 Å². The molecule has 3 aromatic rings. The molecule has 0 spiro atoms. The lowest BCUT2D eigenvalue weighted by Gasteiger charge is -2.34. The number of H-pyrrole nitrogens is 2. The average molecular weight is 370 g/mol. The van der Waals surface area contributed by atoms with Gasteiger partial charge in [0, 0.05) is 26.2 Å². The molecular weight excluding hydrogens is 352 g/mol. The molecule has 134 valence electrons. The molecular formula is C18H18N4O3S. The number of nitrogens with one attached hydrogen (secondary N) is 2. The van der Waals surface area contributed by atoms with E-state index in [9.17, 15) is 14.4 Å². The maximum absolute atomic E-state index is 12.6. The lowest BCUT2D eigenvalue weighted by atomic mass is 10.1. The summed E-state index contributed by atoms with van der Waals surface area (Å²) in [4.78, 5) is 46.0. The topological polar surface area (TPSA) is 89.3 Å². The van der Waals surface area contributed by atoms with Gasteiger partial charge in [0.1, 0.15) is 0 Å². The molecule has 4 rings (SSSR count). The van der Waals surface area contributed by atoms with Crippen molar-refractivity contribution in [2.75, 3.05) is 26.2 Å². The first kappa shape index (κ1) is 16.6. The molecule has 0 radical (unpaired) electrons. The van der Waals surface area contributed by atoms with Gasteiger partial charge < -0.3 is 19.8 Å². The predicted octanol–water partition coefficient (Wildman–Crippen LogP) is 1.44. The van der Waals surface area contributed by atoms with E-state index in [0.717, 1.165) is 16.0 Å². The molecule has 0 saturated carbocycles. The number of amides is 2. The van der Waals surface area contributed by atoms with Crippen molar-refractivity contribution >= 4 is 34.2 Å². The molecule has 0 unspecified atom stereocenters. The Morgan fingerprint density at radius 2 is 1.73 bits per heavy atom. The standard InChI is InChI=1S/C18H18N4O3S/c23-16(11-12-3-4-13-14(10-12)20-18(25)19-13)21-5-7-22(8-6-21)17(24)15-2-1-9-26-15/h1-4,9-10H,5-8,11H2,(H2,19,20,25). The highest BCUT2D eigenvalue weighted by atomic mass is 32.1. The van der Waals surface area contributed by atoms with Crippen molar-refractivity contribution in [1.82, 2.24) is 19.8 Å². The first-order valence-electron chi connectivity index (χ1n) is 8.41. The van der Waals surface area contributed by atoms with Crippen LogP contribution in [0.4, 0.5) is 0 Å². The molecule has 1 aromatic carbocycles. The highest BCUT2D eigenvalue weighted by Crippen LogP contribution is 2.15. The molecule has 1 saturated heterocycles. The van der Waals surface area contributed by atoms with Crippen LogP contribution in [0.5, 0.6) is 0 Å². The van der Waals surface area contributed by atoms with Crippen LogP contribution in [0.15, 0.2) is 40.5 Å². The van der Waals surface area contributed by atoms with Crippen molar-refractivity contribution in [2.45, 2.75) is 6.42 Å². The van der Waals surface area contributed by atoms with Crippen molar-refractivity contribution in [1.29, 1.82) is 0 Å². The summed E-state index contributed by atoms with van der Waals surface area (Å²) in [6, 6.07) is 9.16. The third-order valence-electron chi connectivity index (χ3n) is 4.59. The smallest absolute Gasteiger partial charge is 0.323 e. The van der Waals surface area contributed by atoms with Crippen LogP contribution >= 0.6 is 11.3 Å². The molecule has 0 atom stereocenters. The minimum Gasteiger partial charge on any atom is -0.339 e. The number of benzene rings is 1. The molecule has 1 aliphatic rings. The summed E-state index contributed by atoms with van der Waals surface area (Å²) in [7, 11) is 0. The summed E-state index contributed by atoms with van der Waals surface area (Å²) in [5.74, 6) is 0.0689. The SMILES string of the molecule is O=C(Cc1ccc2[nH]c(=O)[nH]c2c1)N1CCN(C(=O)c2cccs2)CC1. The highest BCUT2D eigenvalue weighted by Gasteiger charge is 2.25. The number of hydrogen-bond acceptors (Lipinski definition) is 4. The Morgan fingerprint density at radius 1 is 1.00 bits per heavy atom. The molecule has 2 amide bonds. The van der Waals surface area contributed by atoms with Crippen LogP contribution in [0.3, 0.4) is 0 Å². The van der Waals surface area contributed by atoms with E-state index in [1.54, 1.807) is 15.9 Å². The molecule has 26 heavy (non-hydrogen) atoms. The first-order valence-corrected chi connectivity index (χ1v) is 9.29. The van der Waals surface area contributed by atoms with E-state index >= 15 is 0 Å². The summed E-state index contributed by atoms with van der Waals surface area (Å²) in [5.41, 5.74) is 2.03. The van der Waals surface area contributed by atoms with Crippen molar-refractivity contribution in [2.24, 2.45) is 0 Å². The van der Waals surface area contributed by atoms with Crippen molar-refractivity contribution in [3.63, 3.8) is 0 Å². The molecule has 0 aliphatic carbocycles. The van der Waals surface area contributed by atoms with Crippen molar-refractivity contribution in [3.8, 4) is 0 Å². The number of aromatic amines is 2. The summed E-state index contributed by atoms with van der Waals surface area (Å²) in [5, 5.41) is 1.89. The second-order valence-electron chi connectivity index (χ2n) is 6.29. The van der Waals surface area contributed by atoms with Gasteiger partial charge in [-0.1, -0.05) is 12.1 Å². The zero-order chi connectivity index (χ0) is 18.1. The van der Waals surface area contributed by atoms with Gasteiger partial charge in [-0.2, -0.15) is 0 Å². The minimum atomic E-state index is -0.255. The van der Waals surface area contributed by atoms with Gasteiger partial charge in [0.2, 0.25) is 5.91 Å². The third kappa shape index (κ3) is 3.28. The Bertz CT molecular complexity index is 997. The molecule has 3 heterocycles. The molecule has 2 aromatic heterocycles. The lowest BCUT2D eigenvalue weighted by Crippen LogP contribution is -2.50. The number of piperazine rings is 1. The summed E-state index contributed by atoms with van der Waals surface area (Å²) in [6.07, 6.45) is 0.280. The van der Waals surface area contributed by atoms with Gasteiger partial charge in [0.15, 0.2) is 0 Å². The van der Waals surface area contributed by atoms with Gasteiger partial charge in [-0.15, -0.1) is 11.3 Å². The molecule has 1 fully saturated rings. The second kappa shape index (κ2) is 6.80. The van der Waals surface area contributed by atoms with Crippen LogP contribution in [0.2, 0.25) is 0 Å². The van der Waals surface area contributed by atoms with E-state index in [4.69, 9.17) is 0 Å². The zero-order valence-electron chi connectivity index (χ0n) is 14.0. The van der Waals surface area contributed by atoms with Gasteiger partial charge >= 0.3 is 5.69 Å². The van der Waals surface area contributed by atoms with Gasteiger partial charge in [0.05, 0.1) is 22.3 Å². The van der Waals surface area contributed by atoms with E-state index in [1.807, 2.05) is 29.6 Å². The molecule has 0 bridgehead atoms. The summed E-state index contributed by atoms with van der Waals surface area (Å²) >= 11 is 1.44.